The van der Waals surface area contributed by atoms with Gasteiger partial charge in [-0.2, -0.15) is 0 Å². The van der Waals surface area contributed by atoms with Gasteiger partial charge < -0.3 is 11.1 Å². The first-order valence-electron chi connectivity index (χ1n) is 5.14. The van der Waals surface area contributed by atoms with Gasteiger partial charge in [-0.15, -0.1) is 0 Å². The summed E-state index contributed by atoms with van der Waals surface area (Å²) in [5, 5.41) is 4.00. The molecule has 2 rings (SSSR count). The summed E-state index contributed by atoms with van der Waals surface area (Å²) in [6.07, 6.45) is 0. The minimum atomic E-state index is 0.700. The van der Waals surface area contributed by atoms with Crippen LogP contribution < -0.4 is 11.1 Å². The average molecular weight is 312 g/mol. The molecule has 2 aromatic carbocycles. The highest BCUT2D eigenvalue weighted by atomic mass is 79.9. The molecule has 0 radical (unpaired) electrons. The largest absolute Gasteiger partial charge is 0.399 e. The fraction of sp³-hybridized carbons (Fsp3) is 0.0769. The zero-order chi connectivity index (χ0) is 12.4. The molecule has 0 aliphatic heterocycles. The normalized spacial score (nSPS) is 10.3. The lowest BCUT2D eigenvalue weighted by molar-refractivity contribution is 1.44. The Kier molecular flexibility index (Phi) is 3.60. The van der Waals surface area contributed by atoms with E-state index < -0.39 is 0 Å². The highest BCUT2D eigenvalue weighted by Gasteiger charge is 2.02. The van der Waals surface area contributed by atoms with E-state index in [1.807, 2.05) is 43.3 Å². The molecule has 0 heterocycles. The van der Waals surface area contributed by atoms with Crippen LogP contribution in [0.25, 0.3) is 0 Å². The van der Waals surface area contributed by atoms with Crippen molar-refractivity contribution in [2.45, 2.75) is 6.92 Å². The summed E-state index contributed by atoms with van der Waals surface area (Å²) in [5.41, 5.74) is 9.59. The van der Waals surface area contributed by atoms with E-state index in [-0.39, 0.29) is 0 Å². The summed E-state index contributed by atoms with van der Waals surface area (Å²) in [6.45, 7) is 2.01. The third-order valence-electron chi connectivity index (χ3n) is 2.31. The number of benzene rings is 2. The van der Waals surface area contributed by atoms with Gasteiger partial charge in [0.2, 0.25) is 0 Å². The number of nitrogens with one attached hydrogen (secondary N) is 1. The van der Waals surface area contributed by atoms with Crippen molar-refractivity contribution in [3.8, 4) is 0 Å². The van der Waals surface area contributed by atoms with Crippen LogP contribution >= 0.6 is 27.5 Å². The Morgan fingerprint density at radius 1 is 1.18 bits per heavy atom. The third-order valence-corrected chi connectivity index (χ3v) is 3.20. The van der Waals surface area contributed by atoms with E-state index in [0.29, 0.717) is 5.02 Å². The van der Waals surface area contributed by atoms with Crippen LogP contribution in [0.2, 0.25) is 5.02 Å². The number of anilines is 3. The van der Waals surface area contributed by atoms with Gasteiger partial charge in [0.1, 0.15) is 0 Å². The van der Waals surface area contributed by atoms with Crippen molar-refractivity contribution in [1.82, 2.24) is 0 Å². The van der Waals surface area contributed by atoms with Gasteiger partial charge in [0.15, 0.2) is 0 Å². The molecule has 0 saturated heterocycles. The Labute approximate surface area is 114 Å². The zero-order valence-corrected chi connectivity index (χ0v) is 11.6. The SMILES string of the molecule is Cc1cc(N)cc(Nc2ccc(Cl)cc2Br)c1. The topological polar surface area (TPSA) is 38.0 Å². The molecule has 88 valence electrons. The van der Waals surface area contributed by atoms with Crippen molar-refractivity contribution >= 4 is 44.6 Å². The fourth-order valence-corrected chi connectivity index (χ4v) is 2.41. The van der Waals surface area contributed by atoms with Crippen molar-refractivity contribution in [2.75, 3.05) is 11.1 Å². The van der Waals surface area contributed by atoms with Gasteiger partial charge in [-0.25, -0.2) is 0 Å². The maximum atomic E-state index is 5.89. The number of halogens is 2. The standard InChI is InChI=1S/C13H12BrClN2/c1-8-4-10(16)7-11(5-8)17-13-3-2-9(15)6-12(13)14/h2-7,17H,16H2,1H3. The highest BCUT2D eigenvalue weighted by Crippen LogP contribution is 2.29. The number of hydrogen-bond donors (Lipinski definition) is 2. The molecule has 0 fully saturated rings. The molecular formula is C13H12BrClN2. The van der Waals surface area contributed by atoms with Crippen LogP contribution in [0, 0.1) is 6.92 Å². The number of rotatable bonds is 2. The molecule has 0 spiro atoms. The van der Waals surface area contributed by atoms with Crippen molar-refractivity contribution in [1.29, 1.82) is 0 Å². The number of nitrogen functional groups attached to an aromatic ring is 1. The van der Waals surface area contributed by atoms with Gasteiger partial charge in [-0.3, -0.25) is 0 Å². The lowest BCUT2D eigenvalue weighted by Crippen LogP contribution is -1.94. The van der Waals surface area contributed by atoms with Crippen molar-refractivity contribution in [2.24, 2.45) is 0 Å². The van der Waals surface area contributed by atoms with Crippen LogP contribution in [0.5, 0.6) is 0 Å². The van der Waals surface area contributed by atoms with E-state index in [9.17, 15) is 0 Å². The van der Waals surface area contributed by atoms with Crippen LogP contribution in [0.4, 0.5) is 17.1 Å². The summed E-state index contributed by atoms with van der Waals surface area (Å²) in [6, 6.07) is 11.5. The first kappa shape index (κ1) is 12.3. The maximum Gasteiger partial charge on any atom is 0.0529 e. The predicted molar refractivity (Wildman–Crippen MR) is 78.0 cm³/mol. The smallest absolute Gasteiger partial charge is 0.0529 e. The molecule has 2 aromatic rings. The molecule has 0 aliphatic carbocycles. The summed E-state index contributed by atoms with van der Waals surface area (Å²) >= 11 is 9.36. The fourth-order valence-electron chi connectivity index (χ4n) is 1.63. The molecule has 0 aromatic heterocycles. The van der Waals surface area contributed by atoms with Crippen LogP contribution in [-0.4, -0.2) is 0 Å². The quantitative estimate of drug-likeness (QED) is 0.786. The van der Waals surface area contributed by atoms with Gasteiger partial charge in [0.25, 0.3) is 0 Å². The van der Waals surface area contributed by atoms with Gasteiger partial charge >= 0.3 is 0 Å². The number of hydrogen-bond acceptors (Lipinski definition) is 2. The Bertz CT molecular complexity index is 535. The van der Waals surface area contributed by atoms with Crippen LogP contribution in [0.15, 0.2) is 40.9 Å². The summed E-state index contributed by atoms with van der Waals surface area (Å²) in [7, 11) is 0. The molecule has 0 atom stereocenters. The Morgan fingerprint density at radius 3 is 2.59 bits per heavy atom. The molecule has 0 saturated carbocycles. The summed E-state index contributed by atoms with van der Waals surface area (Å²) in [5.74, 6) is 0. The zero-order valence-electron chi connectivity index (χ0n) is 9.30. The first-order valence-corrected chi connectivity index (χ1v) is 6.31. The monoisotopic (exact) mass is 310 g/mol. The van der Waals surface area contributed by atoms with Crippen molar-refractivity contribution in [3.63, 3.8) is 0 Å². The molecule has 17 heavy (non-hydrogen) atoms. The van der Waals surface area contributed by atoms with Gasteiger partial charge in [0.05, 0.1) is 5.69 Å². The predicted octanol–water partition coefficient (Wildman–Crippen LogP) is 4.74. The van der Waals surface area contributed by atoms with Crippen molar-refractivity contribution < 1.29 is 0 Å². The van der Waals surface area contributed by atoms with Gasteiger partial charge in [-0.1, -0.05) is 11.6 Å². The van der Waals surface area contributed by atoms with E-state index in [1.165, 1.54) is 0 Å². The van der Waals surface area contributed by atoms with Crippen LogP contribution in [-0.2, 0) is 0 Å². The van der Waals surface area contributed by atoms with Gasteiger partial charge in [-0.05, 0) is 64.8 Å². The minimum absolute atomic E-state index is 0.700. The Morgan fingerprint density at radius 2 is 1.94 bits per heavy atom. The molecule has 4 heteroatoms. The molecule has 0 unspecified atom stereocenters. The Hall–Kier alpha value is -1.19. The molecule has 0 amide bonds. The lowest BCUT2D eigenvalue weighted by atomic mass is 10.2. The average Bonchev–Trinajstić information content (AvgIpc) is 2.21. The first-order chi connectivity index (χ1) is 8.04. The van der Waals surface area contributed by atoms with Gasteiger partial charge in [0, 0.05) is 20.9 Å². The summed E-state index contributed by atoms with van der Waals surface area (Å²) < 4.78 is 0.921. The number of nitrogens with two attached hydrogens (primary N) is 1. The minimum Gasteiger partial charge on any atom is -0.399 e. The second-order valence-electron chi connectivity index (χ2n) is 3.88. The van der Waals surface area contributed by atoms with E-state index >= 15 is 0 Å². The van der Waals surface area contributed by atoms with E-state index in [1.54, 1.807) is 0 Å². The Balaban J connectivity index is 2.31. The van der Waals surface area contributed by atoms with Crippen molar-refractivity contribution in [3.05, 3.63) is 51.5 Å². The molecule has 3 N–H and O–H groups in total. The lowest BCUT2D eigenvalue weighted by Gasteiger charge is -2.10. The maximum absolute atomic E-state index is 5.89. The second-order valence-corrected chi connectivity index (χ2v) is 5.17. The highest BCUT2D eigenvalue weighted by molar-refractivity contribution is 9.10. The van der Waals surface area contributed by atoms with E-state index in [0.717, 1.165) is 27.1 Å². The van der Waals surface area contributed by atoms with Crippen LogP contribution in [0.3, 0.4) is 0 Å². The number of aryl methyl sites for hydroxylation is 1. The summed E-state index contributed by atoms with van der Waals surface area (Å²) in [4.78, 5) is 0. The molecule has 0 aliphatic rings. The van der Waals surface area contributed by atoms with Crippen LogP contribution in [0.1, 0.15) is 5.56 Å². The molecule has 0 bridgehead atoms. The van der Waals surface area contributed by atoms with E-state index in [2.05, 4.69) is 21.2 Å². The molecular weight excluding hydrogens is 300 g/mol. The van der Waals surface area contributed by atoms with E-state index in [4.69, 9.17) is 17.3 Å². The third kappa shape index (κ3) is 3.14. The molecule has 2 nitrogen and oxygen atoms in total. The second kappa shape index (κ2) is 4.98.